The molecular weight excluding hydrogens is 292 g/mol. The normalized spacial score (nSPS) is 11.1. The molecule has 1 N–H and O–H groups in total. The van der Waals surface area contributed by atoms with Gasteiger partial charge in [0, 0.05) is 37.9 Å². The molecule has 0 unspecified atom stereocenters. The summed E-state index contributed by atoms with van der Waals surface area (Å²) >= 11 is 0. The van der Waals surface area contributed by atoms with Crippen LogP contribution in [-0.2, 0) is 6.42 Å². The number of carbonyl (C=O) groups is 1. The second kappa shape index (κ2) is 6.20. The third-order valence-electron chi connectivity index (χ3n) is 4.00. The average Bonchev–Trinajstić information content (AvgIpc) is 3.11. The highest BCUT2D eigenvalue weighted by Gasteiger charge is 2.16. The van der Waals surface area contributed by atoms with Crippen LogP contribution in [0.1, 0.15) is 33.9 Å². The molecule has 0 aliphatic heterocycles. The van der Waals surface area contributed by atoms with E-state index in [0.717, 1.165) is 24.2 Å². The molecule has 0 radical (unpaired) electrons. The lowest BCUT2D eigenvalue weighted by Crippen LogP contribution is -2.28. The number of imidazole rings is 1. The number of H-pyrrole nitrogens is 1. The number of aryl methyl sites for hydroxylation is 2. The van der Waals surface area contributed by atoms with Crippen LogP contribution in [-0.4, -0.2) is 49.0 Å². The van der Waals surface area contributed by atoms with E-state index in [1.54, 1.807) is 28.7 Å². The van der Waals surface area contributed by atoms with Crippen LogP contribution in [0.3, 0.4) is 0 Å². The lowest BCUT2D eigenvalue weighted by molar-refractivity contribution is 0.0788. The van der Waals surface area contributed by atoms with Crippen molar-refractivity contribution < 1.29 is 4.79 Å². The van der Waals surface area contributed by atoms with Crippen LogP contribution in [0.25, 0.3) is 5.78 Å². The standard InChI is InChI=1S/C16H20N6O/c1-11-13(12(2)20-19-11)6-4-8-21(3)15(23)14-10-22-9-5-7-17-16(22)18-14/h5,7,9-10H,4,6,8H2,1-3H3,(H,19,20). The summed E-state index contributed by atoms with van der Waals surface area (Å²) in [6.45, 7) is 4.69. The van der Waals surface area contributed by atoms with Crippen LogP contribution in [0.15, 0.2) is 24.7 Å². The largest absolute Gasteiger partial charge is 0.340 e. The molecule has 0 atom stereocenters. The van der Waals surface area contributed by atoms with Gasteiger partial charge in [-0.1, -0.05) is 0 Å². The number of nitrogens with one attached hydrogen (secondary N) is 1. The Morgan fingerprint density at radius 3 is 2.91 bits per heavy atom. The number of carbonyl (C=O) groups excluding carboxylic acids is 1. The second-order valence-electron chi connectivity index (χ2n) is 5.70. The molecule has 0 aromatic carbocycles. The molecule has 3 aromatic heterocycles. The number of hydrogen-bond acceptors (Lipinski definition) is 4. The molecular formula is C16H20N6O. The van der Waals surface area contributed by atoms with Gasteiger partial charge in [-0.3, -0.25) is 14.3 Å². The van der Waals surface area contributed by atoms with E-state index in [4.69, 9.17) is 0 Å². The Morgan fingerprint density at radius 1 is 1.39 bits per heavy atom. The van der Waals surface area contributed by atoms with Crippen LogP contribution in [0.5, 0.6) is 0 Å². The maximum Gasteiger partial charge on any atom is 0.273 e. The number of aromatic amines is 1. The quantitative estimate of drug-likeness (QED) is 0.779. The van der Waals surface area contributed by atoms with E-state index in [-0.39, 0.29) is 5.91 Å². The number of aromatic nitrogens is 5. The fourth-order valence-corrected chi connectivity index (χ4v) is 2.67. The van der Waals surface area contributed by atoms with Crippen molar-refractivity contribution in [3.63, 3.8) is 0 Å². The van der Waals surface area contributed by atoms with E-state index in [0.29, 0.717) is 18.0 Å². The minimum atomic E-state index is -0.0869. The number of rotatable bonds is 5. The van der Waals surface area contributed by atoms with Crippen molar-refractivity contribution in [2.45, 2.75) is 26.7 Å². The van der Waals surface area contributed by atoms with Gasteiger partial charge >= 0.3 is 0 Å². The molecule has 3 aromatic rings. The Kier molecular flexibility index (Phi) is 4.10. The Bertz CT molecular complexity index is 782. The molecule has 0 aliphatic rings. The first-order chi connectivity index (χ1) is 11.1. The van der Waals surface area contributed by atoms with E-state index >= 15 is 0 Å². The molecule has 120 valence electrons. The van der Waals surface area contributed by atoms with E-state index in [2.05, 4.69) is 20.2 Å². The molecule has 3 rings (SSSR count). The summed E-state index contributed by atoms with van der Waals surface area (Å²) in [6, 6.07) is 1.81. The van der Waals surface area contributed by atoms with Crippen molar-refractivity contribution in [2.75, 3.05) is 13.6 Å². The van der Waals surface area contributed by atoms with Gasteiger partial charge in [0.05, 0.1) is 5.69 Å². The molecule has 0 bridgehead atoms. The third kappa shape index (κ3) is 3.08. The summed E-state index contributed by atoms with van der Waals surface area (Å²) in [5.74, 6) is 0.449. The zero-order chi connectivity index (χ0) is 16.4. The van der Waals surface area contributed by atoms with Crippen LogP contribution in [0, 0.1) is 13.8 Å². The van der Waals surface area contributed by atoms with Crippen molar-refractivity contribution in [3.8, 4) is 0 Å². The van der Waals surface area contributed by atoms with Gasteiger partial charge in [0.15, 0.2) is 0 Å². The van der Waals surface area contributed by atoms with Gasteiger partial charge in [0.25, 0.3) is 5.91 Å². The summed E-state index contributed by atoms with van der Waals surface area (Å²) in [5.41, 5.74) is 3.79. The number of fused-ring (bicyclic) bond motifs is 1. The molecule has 0 spiro atoms. The van der Waals surface area contributed by atoms with Gasteiger partial charge in [-0.05, 0) is 38.3 Å². The summed E-state index contributed by atoms with van der Waals surface area (Å²) in [6.07, 6.45) is 6.99. The predicted molar refractivity (Wildman–Crippen MR) is 86.3 cm³/mol. The topological polar surface area (TPSA) is 79.2 Å². The van der Waals surface area contributed by atoms with Crippen molar-refractivity contribution in [1.29, 1.82) is 0 Å². The smallest absolute Gasteiger partial charge is 0.273 e. The van der Waals surface area contributed by atoms with Crippen LogP contribution < -0.4 is 0 Å². The van der Waals surface area contributed by atoms with Gasteiger partial charge in [-0.15, -0.1) is 0 Å². The molecule has 3 heterocycles. The Labute approximate surface area is 134 Å². The number of nitrogens with zero attached hydrogens (tertiary/aromatic N) is 5. The molecule has 0 saturated carbocycles. The summed E-state index contributed by atoms with van der Waals surface area (Å²) in [5, 5.41) is 7.18. The minimum Gasteiger partial charge on any atom is -0.340 e. The van der Waals surface area contributed by atoms with Crippen molar-refractivity contribution in [1.82, 2.24) is 29.5 Å². The maximum absolute atomic E-state index is 12.4. The Balaban J connectivity index is 1.61. The second-order valence-corrected chi connectivity index (χ2v) is 5.70. The Morgan fingerprint density at radius 2 is 2.22 bits per heavy atom. The average molecular weight is 312 g/mol. The van der Waals surface area contributed by atoms with Crippen molar-refractivity contribution in [3.05, 3.63) is 47.3 Å². The maximum atomic E-state index is 12.4. The molecule has 1 amide bonds. The van der Waals surface area contributed by atoms with Gasteiger partial charge in [-0.25, -0.2) is 9.97 Å². The fraction of sp³-hybridized carbons (Fsp3) is 0.375. The van der Waals surface area contributed by atoms with Crippen molar-refractivity contribution >= 4 is 11.7 Å². The summed E-state index contributed by atoms with van der Waals surface area (Å²) < 4.78 is 1.75. The highest BCUT2D eigenvalue weighted by Crippen LogP contribution is 2.12. The lowest BCUT2D eigenvalue weighted by atomic mass is 10.1. The molecule has 0 fully saturated rings. The van der Waals surface area contributed by atoms with Crippen LogP contribution in [0.2, 0.25) is 0 Å². The zero-order valence-electron chi connectivity index (χ0n) is 13.6. The van der Waals surface area contributed by atoms with Crippen LogP contribution >= 0.6 is 0 Å². The minimum absolute atomic E-state index is 0.0869. The van der Waals surface area contributed by atoms with Gasteiger partial charge in [0.2, 0.25) is 5.78 Å². The van der Waals surface area contributed by atoms with Gasteiger partial charge in [-0.2, -0.15) is 5.10 Å². The van der Waals surface area contributed by atoms with Crippen molar-refractivity contribution in [2.24, 2.45) is 0 Å². The number of hydrogen-bond donors (Lipinski definition) is 1. The lowest BCUT2D eigenvalue weighted by Gasteiger charge is -2.15. The summed E-state index contributed by atoms with van der Waals surface area (Å²) in [7, 11) is 1.80. The summed E-state index contributed by atoms with van der Waals surface area (Å²) in [4.78, 5) is 22.5. The van der Waals surface area contributed by atoms with E-state index < -0.39 is 0 Å². The molecule has 0 aliphatic carbocycles. The zero-order valence-corrected chi connectivity index (χ0v) is 13.6. The monoisotopic (exact) mass is 312 g/mol. The van der Waals surface area contributed by atoms with Gasteiger partial charge < -0.3 is 4.90 Å². The van der Waals surface area contributed by atoms with E-state index in [1.807, 2.05) is 26.1 Å². The first kappa shape index (κ1) is 15.2. The molecule has 0 saturated heterocycles. The first-order valence-corrected chi connectivity index (χ1v) is 7.62. The highest BCUT2D eigenvalue weighted by molar-refractivity contribution is 5.92. The third-order valence-corrected chi connectivity index (χ3v) is 4.00. The fourth-order valence-electron chi connectivity index (χ4n) is 2.67. The molecule has 7 nitrogen and oxygen atoms in total. The highest BCUT2D eigenvalue weighted by atomic mass is 16.2. The Hall–Kier alpha value is -2.70. The molecule has 7 heteroatoms. The van der Waals surface area contributed by atoms with E-state index in [1.165, 1.54) is 5.56 Å². The SMILES string of the molecule is Cc1n[nH]c(C)c1CCCN(C)C(=O)c1cn2cccnc2n1. The molecule has 23 heavy (non-hydrogen) atoms. The van der Waals surface area contributed by atoms with Crippen LogP contribution in [0.4, 0.5) is 0 Å². The van der Waals surface area contributed by atoms with Gasteiger partial charge in [0.1, 0.15) is 5.69 Å². The van der Waals surface area contributed by atoms with E-state index in [9.17, 15) is 4.79 Å². The first-order valence-electron chi connectivity index (χ1n) is 7.62. The number of amides is 1. The predicted octanol–water partition coefficient (Wildman–Crippen LogP) is 1.77.